The SMILES string of the molecule is CN=C(NCc1cccc(OCC(=O)NC2CC2)c1)NCc1cc(Cl)c(Cl)n1C.I. The summed E-state index contributed by atoms with van der Waals surface area (Å²) >= 11 is 12.1. The molecular weight excluding hydrogens is 540 g/mol. The summed E-state index contributed by atoms with van der Waals surface area (Å²) in [5.74, 6) is 1.22. The summed E-state index contributed by atoms with van der Waals surface area (Å²) in [6, 6.07) is 9.78. The molecule has 0 spiro atoms. The van der Waals surface area contributed by atoms with Crippen molar-refractivity contribution in [3.63, 3.8) is 0 Å². The number of benzene rings is 1. The number of nitrogens with one attached hydrogen (secondary N) is 3. The molecule has 7 nitrogen and oxygen atoms in total. The molecule has 10 heteroatoms. The highest BCUT2D eigenvalue weighted by Crippen LogP contribution is 2.25. The molecule has 1 aromatic heterocycles. The fourth-order valence-electron chi connectivity index (χ4n) is 2.73. The van der Waals surface area contributed by atoms with Crippen molar-refractivity contribution in [1.29, 1.82) is 0 Å². The number of hydrogen-bond acceptors (Lipinski definition) is 3. The van der Waals surface area contributed by atoms with E-state index in [9.17, 15) is 4.79 Å². The van der Waals surface area contributed by atoms with Crippen molar-refractivity contribution in [3.8, 4) is 5.75 Å². The number of aromatic nitrogens is 1. The van der Waals surface area contributed by atoms with Gasteiger partial charge in [0, 0.05) is 32.4 Å². The van der Waals surface area contributed by atoms with E-state index in [1.165, 1.54) is 0 Å². The predicted molar refractivity (Wildman–Crippen MR) is 131 cm³/mol. The van der Waals surface area contributed by atoms with E-state index >= 15 is 0 Å². The first-order valence-electron chi connectivity index (χ1n) is 9.41. The number of hydrogen-bond donors (Lipinski definition) is 3. The number of nitrogens with zero attached hydrogens (tertiary/aromatic N) is 2. The molecule has 0 bridgehead atoms. The first kappa shape index (κ1) is 24.6. The standard InChI is InChI=1S/C20H25Cl2N5O2.HI/c1-23-20(25-11-15-9-17(21)19(22)27(15)2)24-10-13-4-3-5-16(8-13)29-12-18(28)26-14-6-7-14;/h3-5,8-9,14H,6-7,10-12H2,1-2H3,(H,26,28)(H2,23,24,25);1H. The Bertz CT molecular complexity index is 899. The fraction of sp³-hybridized carbons (Fsp3) is 0.400. The lowest BCUT2D eigenvalue weighted by molar-refractivity contribution is -0.123. The van der Waals surface area contributed by atoms with Crippen LogP contribution in [0, 0.1) is 0 Å². The first-order valence-corrected chi connectivity index (χ1v) is 10.2. The lowest BCUT2D eigenvalue weighted by Crippen LogP contribution is -2.36. The number of carbonyl (C=O) groups excluding carboxylic acids is 1. The minimum atomic E-state index is -0.0819. The van der Waals surface area contributed by atoms with Crippen LogP contribution < -0.4 is 20.7 Å². The summed E-state index contributed by atoms with van der Waals surface area (Å²) in [5.41, 5.74) is 1.96. The molecule has 3 N–H and O–H groups in total. The van der Waals surface area contributed by atoms with Gasteiger partial charge in [0.15, 0.2) is 12.6 Å². The van der Waals surface area contributed by atoms with Gasteiger partial charge in [-0.25, -0.2) is 0 Å². The molecule has 0 radical (unpaired) electrons. The van der Waals surface area contributed by atoms with Crippen molar-refractivity contribution in [1.82, 2.24) is 20.5 Å². The molecule has 1 fully saturated rings. The summed E-state index contributed by atoms with van der Waals surface area (Å²) < 4.78 is 7.41. The molecule has 1 aliphatic rings. The number of rotatable bonds is 8. The van der Waals surface area contributed by atoms with Gasteiger partial charge in [0.2, 0.25) is 0 Å². The molecule has 0 atom stereocenters. The molecule has 0 aliphatic heterocycles. The van der Waals surface area contributed by atoms with Crippen molar-refractivity contribution in [2.45, 2.75) is 32.0 Å². The number of aliphatic imine (C=N–C) groups is 1. The zero-order chi connectivity index (χ0) is 20.8. The van der Waals surface area contributed by atoms with E-state index in [2.05, 4.69) is 20.9 Å². The Morgan fingerprint density at radius 1 is 1.23 bits per heavy atom. The van der Waals surface area contributed by atoms with Gasteiger partial charge in [-0.2, -0.15) is 0 Å². The van der Waals surface area contributed by atoms with Crippen LogP contribution in [-0.4, -0.2) is 36.1 Å². The highest BCUT2D eigenvalue weighted by atomic mass is 127. The van der Waals surface area contributed by atoms with E-state index in [0.717, 1.165) is 24.1 Å². The van der Waals surface area contributed by atoms with Crippen LogP contribution in [0.1, 0.15) is 24.1 Å². The Labute approximate surface area is 203 Å². The second kappa shape index (κ2) is 11.7. The van der Waals surface area contributed by atoms with E-state index in [1.54, 1.807) is 7.05 Å². The second-order valence-electron chi connectivity index (χ2n) is 6.89. The van der Waals surface area contributed by atoms with Crippen LogP contribution in [-0.2, 0) is 24.9 Å². The molecular formula is C20H26Cl2IN5O2. The van der Waals surface area contributed by atoms with Gasteiger partial charge in [-0.3, -0.25) is 9.79 Å². The topological polar surface area (TPSA) is 79.7 Å². The normalized spacial score (nSPS) is 13.4. The first-order chi connectivity index (χ1) is 14.0. The number of ether oxygens (including phenoxy) is 1. The number of amides is 1. The van der Waals surface area contributed by atoms with Gasteiger partial charge in [0.1, 0.15) is 10.9 Å². The molecule has 164 valence electrons. The van der Waals surface area contributed by atoms with Gasteiger partial charge in [0.25, 0.3) is 5.91 Å². The monoisotopic (exact) mass is 565 g/mol. The molecule has 0 unspecified atom stereocenters. The summed E-state index contributed by atoms with van der Waals surface area (Å²) in [5, 5.41) is 10.4. The molecule has 1 amide bonds. The Hall–Kier alpha value is -1.65. The Morgan fingerprint density at radius 2 is 1.97 bits per heavy atom. The average Bonchev–Trinajstić information content (AvgIpc) is 3.50. The number of guanidine groups is 1. The van der Waals surface area contributed by atoms with Gasteiger partial charge in [-0.05, 0) is 36.6 Å². The van der Waals surface area contributed by atoms with Crippen LogP contribution in [0.2, 0.25) is 10.2 Å². The van der Waals surface area contributed by atoms with E-state index in [0.29, 0.717) is 41.0 Å². The van der Waals surface area contributed by atoms with Crippen molar-refractivity contribution in [2.75, 3.05) is 13.7 Å². The minimum absolute atomic E-state index is 0. The molecule has 1 heterocycles. The minimum Gasteiger partial charge on any atom is -0.484 e. The number of carbonyl (C=O) groups is 1. The van der Waals surface area contributed by atoms with Crippen LogP contribution in [0.15, 0.2) is 35.3 Å². The zero-order valence-electron chi connectivity index (χ0n) is 16.9. The largest absolute Gasteiger partial charge is 0.484 e. The molecule has 30 heavy (non-hydrogen) atoms. The molecule has 1 aliphatic carbocycles. The maximum atomic E-state index is 11.8. The van der Waals surface area contributed by atoms with E-state index in [1.807, 2.05) is 41.9 Å². The summed E-state index contributed by atoms with van der Waals surface area (Å²) in [6.45, 7) is 1.11. The Morgan fingerprint density at radius 3 is 2.60 bits per heavy atom. The third-order valence-electron chi connectivity index (χ3n) is 4.55. The van der Waals surface area contributed by atoms with Crippen LogP contribution in [0.5, 0.6) is 5.75 Å². The van der Waals surface area contributed by atoms with Gasteiger partial charge in [0.05, 0.1) is 11.6 Å². The Balaban J connectivity index is 0.00000320. The van der Waals surface area contributed by atoms with Crippen LogP contribution >= 0.6 is 47.2 Å². The van der Waals surface area contributed by atoms with Crippen LogP contribution in [0.4, 0.5) is 0 Å². The van der Waals surface area contributed by atoms with Crippen molar-refractivity contribution in [3.05, 3.63) is 51.8 Å². The average molecular weight is 566 g/mol. The molecule has 0 saturated heterocycles. The van der Waals surface area contributed by atoms with E-state index < -0.39 is 0 Å². The molecule has 3 rings (SSSR count). The quantitative estimate of drug-likeness (QED) is 0.260. The summed E-state index contributed by atoms with van der Waals surface area (Å²) in [4.78, 5) is 16.0. The smallest absolute Gasteiger partial charge is 0.258 e. The third kappa shape index (κ3) is 7.24. The van der Waals surface area contributed by atoms with Crippen LogP contribution in [0.3, 0.4) is 0 Å². The van der Waals surface area contributed by atoms with Gasteiger partial charge in [-0.15, -0.1) is 24.0 Å². The molecule has 1 saturated carbocycles. The van der Waals surface area contributed by atoms with E-state index in [4.69, 9.17) is 27.9 Å². The van der Waals surface area contributed by atoms with Gasteiger partial charge >= 0.3 is 0 Å². The Kier molecular flexibility index (Phi) is 9.57. The highest BCUT2D eigenvalue weighted by molar-refractivity contribution is 14.0. The third-order valence-corrected chi connectivity index (χ3v) is 5.39. The number of halogens is 3. The maximum Gasteiger partial charge on any atom is 0.258 e. The van der Waals surface area contributed by atoms with Gasteiger partial charge in [-0.1, -0.05) is 35.3 Å². The van der Waals surface area contributed by atoms with Gasteiger partial charge < -0.3 is 25.3 Å². The van der Waals surface area contributed by atoms with E-state index in [-0.39, 0.29) is 36.5 Å². The maximum absolute atomic E-state index is 11.8. The van der Waals surface area contributed by atoms with Crippen molar-refractivity contribution in [2.24, 2.45) is 12.0 Å². The fourth-order valence-corrected chi connectivity index (χ4v) is 3.15. The lowest BCUT2D eigenvalue weighted by Gasteiger charge is -2.13. The summed E-state index contributed by atoms with van der Waals surface area (Å²) in [7, 11) is 3.57. The van der Waals surface area contributed by atoms with Crippen LogP contribution in [0.25, 0.3) is 0 Å². The highest BCUT2D eigenvalue weighted by Gasteiger charge is 2.23. The summed E-state index contributed by atoms with van der Waals surface area (Å²) in [6.07, 6.45) is 2.12. The van der Waals surface area contributed by atoms with Crippen molar-refractivity contribution < 1.29 is 9.53 Å². The molecule has 1 aromatic carbocycles. The second-order valence-corrected chi connectivity index (χ2v) is 7.66. The molecule has 2 aromatic rings. The predicted octanol–water partition coefficient (Wildman–Crippen LogP) is 3.47. The van der Waals surface area contributed by atoms with Crippen molar-refractivity contribution >= 4 is 59.0 Å². The zero-order valence-corrected chi connectivity index (χ0v) is 20.7. The lowest BCUT2D eigenvalue weighted by atomic mass is 10.2.